The highest BCUT2D eigenvalue weighted by molar-refractivity contribution is 5.41. The highest BCUT2D eigenvalue weighted by Gasteiger charge is 2.44. The first-order chi connectivity index (χ1) is 12.9. The van der Waals surface area contributed by atoms with E-state index in [0.717, 1.165) is 6.42 Å². The molecule has 28 heavy (non-hydrogen) atoms. The molecule has 2 atom stereocenters. The van der Waals surface area contributed by atoms with Gasteiger partial charge in [-0.2, -0.15) is 0 Å². The number of hydrogen-bond donors (Lipinski definition) is 0. The van der Waals surface area contributed by atoms with E-state index >= 15 is 0 Å². The fourth-order valence-electron chi connectivity index (χ4n) is 5.53. The molecular formula is C27H46O. The normalized spacial score (nSPS) is 25.7. The van der Waals surface area contributed by atoms with E-state index in [1.54, 1.807) is 0 Å². The van der Waals surface area contributed by atoms with E-state index in [9.17, 15) is 0 Å². The van der Waals surface area contributed by atoms with Crippen LogP contribution >= 0.6 is 0 Å². The Kier molecular flexibility index (Phi) is 7.46. The molecule has 0 aromatic heterocycles. The van der Waals surface area contributed by atoms with Gasteiger partial charge in [-0.1, -0.05) is 85.6 Å². The summed E-state index contributed by atoms with van der Waals surface area (Å²) in [5, 5.41) is 0. The Bertz CT molecular complexity index is 585. The van der Waals surface area contributed by atoms with Crippen LogP contribution in [-0.2, 0) is 4.74 Å². The van der Waals surface area contributed by atoms with E-state index in [0.29, 0.717) is 29.8 Å². The van der Waals surface area contributed by atoms with Crippen molar-refractivity contribution < 1.29 is 4.74 Å². The van der Waals surface area contributed by atoms with E-state index in [2.05, 4.69) is 80.2 Å². The van der Waals surface area contributed by atoms with Crippen molar-refractivity contribution in [3.8, 4) is 0 Å². The average Bonchev–Trinajstić information content (AvgIpc) is 2.99. The van der Waals surface area contributed by atoms with Gasteiger partial charge in [0.25, 0.3) is 0 Å². The zero-order valence-electron chi connectivity index (χ0n) is 20.0. The molecule has 2 unspecified atom stereocenters. The van der Waals surface area contributed by atoms with Gasteiger partial charge in [-0.3, -0.25) is 0 Å². The summed E-state index contributed by atoms with van der Waals surface area (Å²) in [6, 6.07) is 0. The SMILES string of the molecule is C=CC1=C(/C=C\COC(C)(C)C2CCCCC2)C(C(C)(C)C)C(C(C)(C)C)C1. The summed E-state index contributed by atoms with van der Waals surface area (Å²) >= 11 is 0. The van der Waals surface area contributed by atoms with Gasteiger partial charge < -0.3 is 4.74 Å². The van der Waals surface area contributed by atoms with Crippen LogP contribution in [-0.4, -0.2) is 12.2 Å². The lowest BCUT2D eigenvalue weighted by Gasteiger charge is -2.41. The first-order valence-corrected chi connectivity index (χ1v) is 11.5. The minimum atomic E-state index is -0.0204. The van der Waals surface area contributed by atoms with E-state index in [1.165, 1.54) is 43.3 Å². The van der Waals surface area contributed by atoms with Gasteiger partial charge in [0.1, 0.15) is 0 Å². The molecule has 1 saturated carbocycles. The molecule has 1 heteroatoms. The molecular weight excluding hydrogens is 340 g/mol. The van der Waals surface area contributed by atoms with Gasteiger partial charge in [0, 0.05) is 0 Å². The third kappa shape index (κ3) is 5.62. The Morgan fingerprint density at radius 3 is 2.04 bits per heavy atom. The summed E-state index contributed by atoms with van der Waals surface area (Å²) in [7, 11) is 0. The molecule has 2 aliphatic rings. The Morgan fingerprint density at radius 1 is 0.929 bits per heavy atom. The maximum atomic E-state index is 6.38. The zero-order valence-corrected chi connectivity index (χ0v) is 20.0. The lowest BCUT2D eigenvalue weighted by molar-refractivity contribution is -0.0576. The Balaban J connectivity index is 2.11. The van der Waals surface area contributed by atoms with Crippen molar-refractivity contribution in [2.45, 2.75) is 99.5 Å². The van der Waals surface area contributed by atoms with Crippen LogP contribution in [0.25, 0.3) is 0 Å². The second-order valence-corrected chi connectivity index (χ2v) is 11.9. The molecule has 0 aromatic rings. The summed E-state index contributed by atoms with van der Waals surface area (Å²) in [5.74, 6) is 1.92. The zero-order chi connectivity index (χ0) is 21.2. The van der Waals surface area contributed by atoms with E-state index in [-0.39, 0.29) is 11.0 Å². The fraction of sp³-hybridized carbons (Fsp3) is 0.778. The molecule has 2 aliphatic carbocycles. The lowest BCUT2D eigenvalue weighted by atomic mass is 9.64. The van der Waals surface area contributed by atoms with E-state index < -0.39 is 0 Å². The monoisotopic (exact) mass is 386 g/mol. The first-order valence-electron chi connectivity index (χ1n) is 11.5. The first kappa shape index (κ1) is 23.5. The summed E-state index contributed by atoms with van der Waals surface area (Å²) in [5.41, 5.74) is 3.43. The summed E-state index contributed by atoms with van der Waals surface area (Å²) in [4.78, 5) is 0. The smallest absolute Gasteiger partial charge is 0.0658 e. The van der Waals surface area contributed by atoms with Crippen LogP contribution in [0.15, 0.2) is 36.0 Å². The van der Waals surface area contributed by atoms with Crippen molar-refractivity contribution in [2.24, 2.45) is 28.6 Å². The van der Waals surface area contributed by atoms with Gasteiger partial charge >= 0.3 is 0 Å². The number of hydrogen-bond acceptors (Lipinski definition) is 1. The molecule has 0 saturated heterocycles. The van der Waals surface area contributed by atoms with Crippen LogP contribution in [0.3, 0.4) is 0 Å². The van der Waals surface area contributed by atoms with Crippen LogP contribution in [0, 0.1) is 28.6 Å². The third-order valence-electron chi connectivity index (χ3n) is 7.28. The fourth-order valence-corrected chi connectivity index (χ4v) is 5.53. The van der Waals surface area contributed by atoms with Gasteiger partial charge in [-0.15, -0.1) is 0 Å². The molecule has 0 aliphatic heterocycles. The molecule has 0 bridgehead atoms. The molecule has 0 spiro atoms. The third-order valence-corrected chi connectivity index (χ3v) is 7.28. The predicted octanol–water partition coefficient (Wildman–Crippen LogP) is 8.13. The Labute approximate surface area is 175 Å². The molecule has 0 N–H and O–H groups in total. The minimum Gasteiger partial charge on any atom is -0.371 e. The highest BCUT2D eigenvalue weighted by atomic mass is 16.5. The van der Waals surface area contributed by atoms with Crippen molar-refractivity contribution in [1.82, 2.24) is 0 Å². The number of rotatable bonds is 6. The maximum Gasteiger partial charge on any atom is 0.0658 e. The van der Waals surface area contributed by atoms with Gasteiger partial charge in [0.15, 0.2) is 0 Å². The van der Waals surface area contributed by atoms with Gasteiger partial charge in [-0.25, -0.2) is 0 Å². The second-order valence-electron chi connectivity index (χ2n) is 11.9. The van der Waals surface area contributed by atoms with Crippen LogP contribution in [0.2, 0.25) is 0 Å². The van der Waals surface area contributed by atoms with Gasteiger partial charge in [-0.05, 0) is 72.8 Å². The van der Waals surface area contributed by atoms with E-state index in [4.69, 9.17) is 4.74 Å². The topological polar surface area (TPSA) is 9.23 Å². The standard InChI is InChI=1S/C27H46O/c1-10-20-19-23(25(2,3)4)24(26(5,6)7)22(20)17-14-18-28-27(8,9)21-15-12-11-13-16-21/h10,14,17,21,23-24H,1,11-13,15-16,18-19H2,2-9H3/b17-14-. The lowest BCUT2D eigenvalue weighted by Crippen LogP contribution is -2.36. The van der Waals surface area contributed by atoms with Gasteiger partial charge in [0.2, 0.25) is 0 Å². The predicted molar refractivity (Wildman–Crippen MR) is 123 cm³/mol. The Morgan fingerprint density at radius 2 is 1.54 bits per heavy atom. The van der Waals surface area contributed by atoms with Crippen LogP contribution in [0.1, 0.15) is 93.9 Å². The molecule has 0 aromatic carbocycles. The van der Waals surface area contributed by atoms with Crippen molar-refractivity contribution >= 4 is 0 Å². The van der Waals surface area contributed by atoms with Crippen LogP contribution < -0.4 is 0 Å². The summed E-state index contributed by atoms with van der Waals surface area (Å²) < 4.78 is 6.38. The highest BCUT2D eigenvalue weighted by Crippen LogP contribution is 2.53. The van der Waals surface area contributed by atoms with E-state index in [1.807, 2.05) is 0 Å². The second kappa shape index (κ2) is 8.90. The number of ether oxygens (including phenoxy) is 1. The van der Waals surface area contributed by atoms with Gasteiger partial charge in [0.05, 0.1) is 12.2 Å². The Hall–Kier alpha value is -0.820. The van der Waals surface area contributed by atoms with Crippen molar-refractivity contribution in [1.29, 1.82) is 0 Å². The number of allylic oxidation sites excluding steroid dienone is 4. The van der Waals surface area contributed by atoms with Crippen molar-refractivity contribution in [3.63, 3.8) is 0 Å². The molecule has 2 rings (SSSR count). The van der Waals surface area contributed by atoms with Crippen LogP contribution in [0.5, 0.6) is 0 Å². The quantitative estimate of drug-likeness (QED) is 0.447. The minimum absolute atomic E-state index is 0.0204. The molecule has 0 radical (unpaired) electrons. The average molecular weight is 387 g/mol. The summed E-state index contributed by atoms with van der Waals surface area (Å²) in [6.45, 7) is 23.7. The van der Waals surface area contributed by atoms with Crippen molar-refractivity contribution in [2.75, 3.05) is 6.61 Å². The molecule has 160 valence electrons. The molecule has 1 nitrogen and oxygen atoms in total. The molecule has 1 fully saturated rings. The van der Waals surface area contributed by atoms with Crippen molar-refractivity contribution in [3.05, 3.63) is 36.0 Å². The molecule has 0 heterocycles. The largest absolute Gasteiger partial charge is 0.371 e. The summed E-state index contributed by atoms with van der Waals surface area (Å²) in [6.07, 6.45) is 14.6. The van der Waals surface area contributed by atoms with Crippen LogP contribution in [0.4, 0.5) is 0 Å². The maximum absolute atomic E-state index is 6.38. The molecule has 0 amide bonds.